The number of fused-ring (bicyclic) bond motifs is 1. The van der Waals surface area contributed by atoms with Gasteiger partial charge >= 0.3 is 0 Å². The van der Waals surface area contributed by atoms with Crippen molar-refractivity contribution in [2.45, 2.75) is 45.8 Å². The Bertz CT molecular complexity index is 1170. The molecule has 4 rings (SSSR count). The van der Waals surface area contributed by atoms with Gasteiger partial charge in [-0.15, -0.1) is 0 Å². The van der Waals surface area contributed by atoms with E-state index in [0.29, 0.717) is 42.3 Å². The maximum Gasteiger partial charge on any atom is 0.295 e. The molecule has 2 heterocycles. The lowest BCUT2D eigenvalue weighted by atomic mass is 9.94. The number of nitrogens with zero attached hydrogens (tertiary/aromatic N) is 1. The summed E-state index contributed by atoms with van der Waals surface area (Å²) in [5.74, 6) is 0.238. The Hall–Kier alpha value is -3.52. The number of benzene rings is 2. The quantitative estimate of drug-likeness (QED) is 0.299. The first-order chi connectivity index (χ1) is 17.4. The molecule has 1 fully saturated rings. The van der Waals surface area contributed by atoms with Crippen molar-refractivity contribution >= 4 is 17.4 Å². The molecule has 1 amide bonds. The van der Waals surface area contributed by atoms with Crippen molar-refractivity contribution in [2.24, 2.45) is 0 Å². The van der Waals surface area contributed by atoms with Gasteiger partial charge in [0.2, 0.25) is 0 Å². The molecule has 192 valence electrons. The molecule has 0 aliphatic carbocycles. The second kappa shape index (κ2) is 11.0. The SMILES string of the molecule is CCCOc1ccc([C@@H]2C(=C(O)c3ccc4c(c3)C[C@H](C)O4)C(=O)C(=O)N2CCOC)cc1OCC. The number of carbonyl (C=O) groups is 2. The van der Waals surface area contributed by atoms with Crippen molar-refractivity contribution in [1.82, 2.24) is 4.90 Å². The Morgan fingerprint density at radius 3 is 2.61 bits per heavy atom. The number of hydrogen-bond donors (Lipinski definition) is 1. The maximum absolute atomic E-state index is 13.3. The number of amides is 1. The summed E-state index contributed by atoms with van der Waals surface area (Å²) in [5, 5.41) is 11.4. The molecule has 8 heteroatoms. The Morgan fingerprint density at radius 2 is 1.89 bits per heavy atom. The number of aliphatic hydroxyl groups is 1. The monoisotopic (exact) mass is 495 g/mol. The number of ketones is 1. The average Bonchev–Trinajstić information content (AvgIpc) is 3.37. The highest BCUT2D eigenvalue weighted by Gasteiger charge is 2.46. The highest BCUT2D eigenvalue weighted by Crippen LogP contribution is 2.42. The largest absolute Gasteiger partial charge is 0.507 e. The number of carbonyl (C=O) groups excluding carboxylic acids is 2. The fraction of sp³-hybridized carbons (Fsp3) is 0.429. The van der Waals surface area contributed by atoms with Crippen molar-refractivity contribution in [3.8, 4) is 17.2 Å². The predicted octanol–water partition coefficient (Wildman–Crippen LogP) is 4.27. The molecule has 0 spiro atoms. The van der Waals surface area contributed by atoms with Crippen LogP contribution >= 0.6 is 0 Å². The zero-order valence-corrected chi connectivity index (χ0v) is 21.2. The molecule has 0 saturated carbocycles. The summed E-state index contributed by atoms with van der Waals surface area (Å²) in [6, 6.07) is 9.87. The summed E-state index contributed by atoms with van der Waals surface area (Å²) in [7, 11) is 1.53. The molecular formula is C28H33NO7. The van der Waals surface area contributed by atoms with Gasteiger partial charge < -0.3 is 29.0 Å². The van der Waals surface area contributed by atoms with E-state index in [0.717, 1.165) is 17.7 Å². The van der Waals surface area contributed by atoms with Gasteiger partial charge in [-0.25, -0.2) is 0 Å². The molecule has 2 aromatic rings. The van der Waals surface area contributed by atoms with Crippen LogP contribution in [0.5, 0.6) is 17.2 Å². The minimum absolute atomic E-state index is 0.0349. The fourth-order valence-corrected chi connectivity index (χ4v) is 4.67. The third kappa shape index (κ3) is 4.91. The summed E-state index contributed by atoms with van der Waals surface area (Å²) in [6.07, 6.45) is 1.59. The zero-order chi connectivity index (χ0) is 25.8. The van der Waals surface area contributed by atoms with E-state index in [1.165, 1.54) is 12.0 Å². The van der Waals surface area contributed by atoms with Crippen molar-refractivity contribution < 1.29 is 33.6 Å². The van der Waals surface area contributed by atoms with E-state index in [-0.39, 0.29) is 30.6 Å². The number of aliphatic hydroxyl groups excluding tert-OH is 1. The topological polar surface area (TPSA) is 94.5 Å². The molecule has 0 unspecified atom stereocenters. The number of Topliss-reactive ketones (excluding diaryl/α,β-unsaturated/α-hetero) is 1. The smallest absolute Gasteiger partial charge is 0.295 e. The minimum atomic E-state index is -0.803. The van der Waals surface area contributed by atoms with E-state index < -0.39 is 17.7 Å². The first kappa shape index (κ1) is 25.6. The van der Waals surface area contributed by atoms with Crippen molar-refractivity contribution in [2.75, 3.05) is 33.5 Å². The Balaban J connectivity index is 1.82. The van der Waals surface area contributed by atoms with Gasteiger partial charge in [0.05, 0.1) is 31.4 Å². The molecule has 2 aliphatic rings. The molecule has 0 radical (unpaired) electrons. The Morgan fingerprint density at radius 1 is 1.08 bits per heavy atom. The molecule has 1 N–H and O–H groups in total. The fourth-order valence-electron chi connectivity index (χ4n) is 4.67. The lowest BCUT2D eigenvalue weighted by molar-refractivity contribution is -0.140. The van der Waals surface area contributed by atoms with Crippen LogP contribution in [0.25, 0.3) is 5.76 Å². The lowest BCUT2D eigenvalue weighted by Gasteiger charge is -2.26. The maximum atomic E-state index is 13.3. The lowest BCUT2D eigenvalue weighted by Crippen LogP contribution is -2.32. The van der Waals surface area contributed by atoms with Crippen LogP contribution in [0.2, 0.25) is 0 Å². The minimum Gasteiger partial charge on any atom is -0.507 e. The summed E-state index contributed by atoms with van der Waals surface area (Å²) in [6.45, 7) is 7.26. The highest BCUT2D eigenvalue weighted by atomic mass is 16.5. The molecule has 0 aromatic heterocycles. The molecule has 36 heavy (non-hydrogen) atoms. The number of ether oxygens (including phenoxy) is 4. The third-order valence-electron chi connectivity index (χ3n) is 6.29. The number of rotatable bonds is 10. The summed E-state index contributed by atoms with van der Waals surface area (Å²) in [5.41, 5.74) is 2.09. The first-order valence-corrected chi connectivity index (χ1v) is 12.4. The number of likely N-dealkylation sites (tertiary alicyclic amines) is 1. The van der Waals surface area contributed by atoms with Gasteiger partial charge in [0.25, 0.3) is 11.7 Å². The number of hydrogen-bond acceptors (Lipinski definition) is 7. The van der Waals surface area contributed by atoms with Gasteiger partial charge in [0.15, 0.2) is 11.5 Å². The van der Waals surface area contributed by atoms with E-state index >= 15 is 0 Å². The van der Waals surface area contributed by atoms with E-state index in [4.69, 9.17) is 18.9 Å². The standard InChI is InChI=1S/C28H33NO7/c1-5-12-35-22-10-7-18(16-23(22)34-6-2)25-24(27(31)28(32)29(25)11-13-33-4)26(30)19-8-9-21-20(15-19)14-17(3)36-21/h7-10,15-17,25,30H,5-6,11-14H2,1-4H3/t17-,25+/m0/s1. The second-order valence-electron chi connectivity index (χ2n) is 8.93. The zero-order valence-electron chi connectivity index (χ0n) is 21.2. The van der Waals surface area contributed by atoms with E-state index in [9.17, 15) is 14.7 Å². The van der Waals surface area contributed by atoms with Gasteiger partial charge in [-0.2, -0.15) is 0 Å². The van der Waals surface area contributed by atoms with Crippen LogP contribution in [-0.4, -0.2) is 61.3 Å². The van der Waals surface area contributed by atoms with E-state index in [2.05, 4.69) is 0 Å². The Labute approximate surface area is 211 Å². The van der Waals surface area contributed by atoms with Gasteiger partial charge in [-0.1, -0.05) is 13.0 Å². The van der Waals surface area contributed by atoms with E-state index in [1.807, 2.05) is 26.8 Å². The predicted molar refractivity (Wildman–Crippen MR) is 135 cm³/mol. The van der Waals surface area contributed by atoms with Crippen LogP contribution in [0.1, 0.15) is 49.9 Å². The third-order valence-corrected chi connectivity index (χ3v) is 6.29. The summed E-state index contributed by atoms with van der Waals surface area (Å²) >= 11 is 0. The van der Waals surface area contributed by atoms with Gasteiger partial charge in [0, 0.05) is 25.6 Å². The van der Waals surface area contributed by atoms with E-state index in [1.54, 1.807) is 30.3 Å². The summed E-state index contributed by atoms with van der Waals surface area (Å²) < 4.78 is 22.6. The average molecular weight is 496 g/mol. The van der Waals surface area contributed by atoms with Crippen molar-refractivity contribution in [3.05, 3.63) is 58.7 Å². The van der Waals surface area contributed by atoms with Gasteiger partial charge in [0.1, 0.15) is 17.6 Å². The van der Waals surface area contributed by atoms with Crippen molar-refractivity contribution in [3.63, 3.8) is 0 Å². The molecule has 2 atom stereocenters. The molecular weight excluding hydrogens is 462 g/mol. The second-order valence-corrected chi connectivity index (χ2v) is 8.93. The summed E-state index contributed by atoms with van der Waals surface area (Å²) in [4.78, 5) is 27.8. The van der Waals surface area contributed by atoms with Crippen molar-refractivity contribution in [1.29, 1.82) is 0 Å². The number of methoxy groups -OCH3 is 1. The normalized spacial score (nSPS) is 20.4. The van der Waals surface area contributed by atoms with Crippen LogP contribution in [0, 0.1) is 0 Å². The van der Waals surface area contributed by atoms with Crippen LogP contribution in [0.15, 0.2) is 42.0 Å². The van der Waals surface area contributed by atoms with Crippen LogP contribution in [0.3, 0.4) is 0 Å². The highest BCUT2D eigenvalue weighted by molar-refractivity contribution is 6.46. The molecule has 1 saturated heterocycles. The van der Waals surface area contributed by atoms with Gasteiger partial charge in [-0.3, -0.25) is 9.59 Å². The van der Waals surface area contributed by atoms with Crippen LogP contribution in [0.4, 0.5) is 0 Å². The van der Waals surface area contributed by atoms with Crippen LogP contribution < -0.4 is 14.2 Å². The van der Waals surface area contributed by atoms with Crippen LogP contribution in [-0.2, 0) is 20.7 Å². The molecule has 2 aromatic carbocycles. The molecule has 8 nitrogen and oxygen atoms in total. The molecule has 2 aliphatic heterocycles. The molecule has 0 bridgehead atoms. The Kier molecular flexibility index (Phi) is 7.84. The van der Waals surface area contributed by atoms with Gasteiger partial charge in [-0.05, 0) is 61.7 Å². The first-order valence-electron chi connectivity index (χ1n) is 12.4.